The maximum atomic E-state index is 12.7. The van der Waals surface area contributed by atoms with Crippen molar-refractivity contribution in [3.8, 4) is 0 Å². The minimum atomic E-state index is -3.17. The molecule has 0 fully saturated rings. The standard InChI is InChI=1S/C9H13F2N3O/c1-6-2-3-13-8(7(6)12)14-4-9(10,11)5-15/h2-3,15H,4-5,12H2,1H3,(H,13,14). The first-order valence-corrected chi connectivity index (χ1v) is 4.40. The van der Waals surface area contributed by atoms with Crippen LogP contribution in [0.4, 0.5) is 20.3 Å². The van der Waals surface area contributed by atoms with Crippen LogP contribution in [0.2, 0.25) is 0 Å². The van der Waals surface area contributed by atoms with Crippen molar-refractivity contribution < 1.29 is 13.9 Å². The van der Waals surface area contributed by atoms with Gasteiger partial charge in [-0.05, 0) is 18.6 Å². The Morgan fingerprint density at radius 3 is 2.87 bits per heavy atom. The number of aliphatic hydroxyl groups excluding tert-OH is 1. The van der Waals surface area contributed by atoms with Gasteiger partial charge in [-0.1, -0.05) is 0 Å². The van der Waals surface area contributed by atoms with E-state index in [0.717, 1.165) is 5.56 Å². The van der Waals surface area contributed by atoms with Gasteiger partial charge in [0, 0.05) is 6.20 Å². The molecule has 1 rings (SSSR count). The van der Waals surface area contributed by atoms with E-state index >= 15 is 0 Å². The van der Waals surface area contributed by atoms with Crippen molar-refractivity contribution in [1.82, 2.24) is 4.98 Å². The van der Waals surface area contributed by atoms with Crippen molar-refractivity contribution in [2.75, 3.05) is 24.2 Å². The summed E-state index contributed by atoms with van der Waals surface area (Å²) in [6.07, 6.45) is 1.48. The molecule has 0 unspecified atom stereocenters. The molecule has 0 amide bonds. The third-order valence-electron chi connectivity index (χ3n) is 1.95. The number of alkyl halides is 2. The Balaban J connectivity index is 2.70. The zero-order valence-electron chi connectivity index (χ0n) is 8.30. The van der Waals surface area contributed by atoms with Crippen molar-refractivity contribution in [2.24, 2.45) is 0 Å². The van der Waals surface area contributed by atoms with Crippen LogP contribution in [0, 0.1) is 6.92 Å². The number of aryl methyl sites for hydroxylation is 1. The van der Waals surface area contributed by atoms with Crippen LogP contribution in [0.15, 0.2) is 12.3 Å². The average Bonchev–Trinajstić information content (AvgIpc) is 2.20. The Labute approximate surface area is 86.1 Å². The molecule has 0 aliphatic rings. The van der Waals surface area contributed by atoms with E-state index in [4.69, 9.17) is 10.8 Å². The van der Waals surface area contributed by atoms with E-state index in [2.05, 4.69) is 10.3 Å². The third kappa shape index (κ3) is 3.02. The molecule has 0 bridgehead atoms. The second kappa shape index (κ2) is 4.39. The smallest absolute Gasteiger partial charge is 0.287 e. The molecule has 4 N–H and O–H groups in total. The molecular formula is C9H13F2N3O. The number of nitrogens with two attached hydrogens (primary N) is 1. The highest BCUT2D eigenvalue weighted by molar-refractivity contribution is 5.64. The van der Waals surface area contributed by atoms with E-state index in [1.165, 1.54) is 6.20 Å². The van der Waals surface area contributed by atoms with Crippen molar-refractivity contribution in [1.29, 1.82) is 0 Å². The van der Waals surface area contributed by atoms with Crippen LogP contribution < -0.4 is 11.1 Å². The van der Waals surface area contributed by atoms with E-state index in [1.54, 1.807) is 13.0 Å². The average molecular weight is 217 g/mol. The minimum absolute atomic E-state index is 0.211. The number of anilines is 2. The van der Waals surface area contributed by atoms with E-state index < -0.39 is 19.1 Å². The van der Waals surface area contributed by atoms with Gasteiger partial charge in [0.1, 0.15) is 12.4 Å². The fourth-order valence-electron chi connectivity index (χ4n) is 0.979. The van der Waals surface area contributed by atoms with Crippen LogP contribution in [0.5, 0.6) is 0 Å². The molecule has 0 saturated heterocycles. The Hall–Kier alpha value is -1.43. The summed E-state index contributed by atoms with van der Waals surface area (Å²) in [7, 11) is 0. The van der Waals surface area contributed by atoms with E-state index in [0.29, 0.717) is 5.69 Å². The quantitative estimate of drug-likeness (QED) is 0.704. The number of nitrogen functional groups attached to an aromatic ring is 1. The summed E-state index contributed by atoms with van der Waals surface area (Å²) in [4.78, 5) is 3.83. The van der Waals surface area contributed by atoms with Gasteiger partial charge in [0.2, 0.25) is 0 Å². The van der Waals surface area contributed by atoms with Gasteiger partial charge in [-0.3, -0.25) is 0 Å². The Morgan fingerprint density at radius 2 is 2.27 bits per heavy atom. The van der Waals surface area contributed by atoms with Gasteiger partial charge < -0.3 is 16.2 Å². The molecule has 0 spiro atoms. The highest BCUT2D eigenvalue weighted by atomic mass is 19.3. The number of hydrogen-bond acceptors (Lipinski definition) is 4. The lowest BCUT2D eigenvalue weighted by Crippen LogP contribution is -2.31. The number of aliphatic hydroxyl groups is 1. The highest BCUT2D eigenvalue weighted by Gasteiger charge is 2.27. The van der Waals surface area contributed by atoms with Gasteiger partial charge in [-0.25, -0.2) is 13.8 Å². The van der Waals surface area contributed by atoms with Crippen LogP contribution in [-0.2, 0) is 0 Å². The number of nitrogens with one attached hydrogen (secondary N) is 1. The molecule has 1 aromatic rings. The van der Waals surface area contributed by atoms with Gasteiger partial charge >= 0.3 is 0 Å². The van der Waals surface area contributed by atoms with Gasteiger partial charge in [0.15, 0.2) is 0 Å². The molecule has 0 radical (unpaired) electrons. The molecule has 1 heterocycles. The molecule has 6 heteroatoms. The molecule has 0 aliphatic heterocycles. The molecule has 0 atom stereocenters. The van der Waals surface area contributed by atoms with Gasteiger partial charge in [0.25, 0.3) is 5.92 Å². The maximum Gasteiger partial charge on any atom is 0.287 e. The predicted octanol–water partition coefficient (Wildman–Crippen LogP) is 1.01. The number of nitrogens with zero attached hydrogens (tertiary/aromatic N) is 1. The number of rotatable bonds is 4. The minimum Gasteiger partial charge on any atom is -0.396 e. The van der Waals surface area contributed by atoms with Crippen LogP contribution >= 0.6 is 0 Å². The lowest BCUT2D eigenvalue weighted by atomic mass is 10.2. The zero-order valence-corrected chi connectivity index (χ0v) is 8.30. The van der Waals surface area contributed by atoms with Crippen LogP contribution in [0.1, 0.15) is 5.56 Å². The summed E-state index contributed by atoms with van der Waals surface area (Å²) in [6, 6.07) is 1.69. The summed E-state index contributed by atoms with van der Waals surface area (Å²) in [5.74, 6) is -2.96. The SMILES string of the molecule is Cc1ccnc(NCC(F)(F)CO)c1N. The van der Waals surface area contributed by atoms with E-state index in [9.17, 15) is 8.78 Å². The Morgan fingerprint density at radius 1 is 1.60 bits per heavy atom. The second-order valence-electron chi connectivity index (χ2n) is 3.26. The fourth-order valence-corrected chi connectivity index (χ4v) is 0.979. The molecule has 0 aromatic carbocycles. The third-order valence-corrected chi connectivity index (χ3v) is 1.95. The summed E-state index contributed by atoms with van der Waals surface area (Å²) in [5, 5.41) is 10.8. The predicted molar refractivity (Wildman–Crippen MR) is 53.9 cm³/mol. The monoisotopic (exact) mass is 217 g/mol. The zero-order chi connectivity index (χ0) is 11.5. The number of aromatic nitrogens is 1. The number of hydrogen-bond donors (Lipinski definition) is 3. The van der Waals surface area contributed by atoms with Gasteiger partial charge in [0.05, 0.1) is 12.2 Å². The Kier molecular flexibility index (Phi) is 3.41. The normalized spacial score (nSPS) is 11.5. The first kappa shape index (κ1) is 11.6. The molecule has 0 saturated carbocycles. The lowest BCUT2D eigenvalue weighted by molar-refractivity contribution is -0.0373. The first-order valence-electron chi connectivity index (χ1n) is 4.40. The van der Waals surface area contributed by atoms with Crippen LogP contribution in [0.25, 0.3) is 0 Å². The van der Waals surface area contributed by atoms with E-state index in [-0.39, 0.29) is 5.82 Å². The summed E-state index contributed by atoms with van der Waals surface area (Å²) < 4.78 is 25.4. The Bertz CT molecular complexity index is 344. The van der Waals surface area contributed by atoms with Crippen molar-refractivity contribution in [3.63, 3.8) is 0 Å². The summed E-state index contributed by atoms with van der Waals surface area (Å²) in [6.45, 7) is -0.137. The van der Waals surface area contributed by atoms with E-state index in [1.807, 2.05) is 0 Å². The maximum absolute atomic E-state index is 12.7. The molecular weight excluding hydrogens is 204 g/mol. The lowest BCUT2D eigenvalue weighted by Gasteiger charge is -2.15. The summed E-state index contributed by atoms with van der Waals surface area (Å²) >= 11 is 0. The fraction of sp³-hybridized carbons (Fsp3) is 0.444. The first-order chi connectivity index (χ1) is 6.96. The van der Waals surface area contributed by atoms with Gasteiger partial charge in [-0.15, -0.1) is 0 Å². The second-order valence-corrected chi connectivity index (χ2v) is 3.26. The van der Waals surface area contributed by atoms with Crippen molar-refractivity contribution >= 4 is 11.5 Å². The summed E-state index contributed by atoms with van der Waals surface area (Å²) in [5.41, 5.74) is 6.72. The van der Waals surface area contributed by atoms with Crippen molar-refractivity contribution in [2.45, 2.75) is 12.8 Å². The van der Waals surface area contributed by atoms with Gasteiger partial charge in [-0.2, -0.15) is 0 Å². The molecule has 1 aromatic heterocycles. The number of halogens is 2. The molecule has 0 aliphatic carbocycles. The molecule has 4 nitrogen and oxygen atoms in total. The highest BCUT2D eigenvalue weighted by Crippen LogP contribution is 2.20. The number of pyridine rings is 1. The van der Waals surface area contributed by atoms with Crippen LogP contribution in [0.3, 0.4) is 0 Å². The molecule has 15 heavy (non-hydrogen) atoms. The largest absolute Gasteiger partial charge is 0.396 e. The van der Waals surface area contributed by atoms with Crippen LogP contribution in [-0.4, -0.2) is 29.2 Å². The topological polar surface area (TPSA) is 71.2 Å². The van der Waals surface area contributed by atoms with Crippen molar-refractivity contribution in [3.05, 3.63) is 17.8 Å². The molecule has 84 valence electrons.